The van der Waals surface area contributed by atoms with Gasteiger partial charge in [0.05, 0.1) is 7.11 Å². The molecule has 0 saturated carbocycles. The van der Waals surface area contributed by atoms with Crippen molar-refractivity contribution < 1.29 is 4.74 Å². The second kappa shape index (κ2) is 6.57. The van der Waals surface area contributed by atoms with Crippen molar-refractivity contribution >= 4 is 23.1 Å². The van der Waals surface area contributed by atoms with Crippen LogP contribution in [0.1, 0.15) is 18.9 Å². The average molecular weight is 292 g/mol. The largest absolute Gasteiger partial charge is 0.497 e. The molecule has 0 spiro atoms. The molecule has 0 atom stereocenters. The second-order valence-electron chi connectivity index (χ2n) is 4.48. The zero-order valence-electron chi connectivity index (χ0n) is 11.9. The molecule has 20 heavy (non-hydrogen) atoms. The third-order valence-electron chi connectivity index (χ3n) is 3.13. The van der Waals surface area contributed by atoms with Gasteiger partial charge in [-0.3, -0.25) is 0 Å². The van der Waals surface area contributed by atoms with Gasteiger partial charge in [0, 0.05) is 24.4 Å². The number of nitrogens with zero attached hydrogens (tertiary/aromatic N) is 3. The molecular formula is C15H18ClN3O. The van der Waals surface area contributed by atoms with E-state index in [1.807, 2.05) is 36.2 Å². The normalized spacial score (nSPS) is 10.4. The Morgan fingerprint density at radius 3 is 2.80 bits per heavy atom. The molecule has 0 aliphatic rings. The highest BCUT2D eigenvalue weighted by molar-refractivity contribution is 6.30. The first-order chi connectivity index (χ1) is 9.67. The van der Waals surface area contributed by atoms with Crippen LogP contribution in [0.3, 0.4) is 0 Å². The van der Waals surface area contributed by atoms with Crippen molar-refractivity contribution in [3.05, 3.63) is 41.3 Å². The third kappa shape index (κ3) is 3.02. The number of rotatable bonds is 5. The van der Waals surface area contributed by atoms with Gasteiger partial charge in [-0.25, -0.2) is 9.97 Å². The molecule has 1 aromatic carbocycles. The lowest BCUT2D eigenvalue weighted by Crippen LogP contribution is -2.14. The predicted octanol–water partition coefficient (Wildman–Crippen LogP) is 3.86. The Hall–Kier alpha value is -1.81. The molecule has 106 valence electrons. The lowest BCUT2D eigenvalue weighted by molar-refractivity contribution is 0.415. The molecule has 1 heterocycles. The summed E-state index contributed by atoms with van der Waals surface area (Å²) in [7, 11) is 3.62. The molecule has 4 nitrogen and oxygen atoms in total. The minimum absolute atomic E-state index is 0.520. The number of ether oxygens (including phenoxy) is 1. The summed E-state index contributed by atoms with van der Waals surface area (Å²) in [6, 6.07) is 7.84. The van der Waals surface area contributed by atoms with Crippen molar-refractivity contribution in [1.29, 1.82) is 0 Å². The molecule has 0 amide bonds. The van der Waals surface area contributed by atoms with Gasteiger partial charge in [0.1, 0.15) is 23.0 Å². The summed E-state index contributed by atoms with van der Waals surface area (Å²) < 4.78 is 5.26. The number of benzene rings is 1. The number of anilines is 2. The smallest absolute Gasteiger partial charge is 0.140 e. The van der Waals surface area contributed by atoms with Crippen LogP contribution in [0.4, 0.5) is 11.5 Å². The van der Waals surface area contributed by atoms with Crippen molar-refractivity contribution in [1.82, 2.24) is 9.97 Å². The molecular weight excluding hydrogens is 274 g/mol. The first kappa shape index (κ1) is 14.6. The SMILES string of the molecule is CCCc1c(Cl)ncnc1N(C)c1cccc(OC)c1. The van der Waals surface area contributed by atoms with Gasteiger partial charge in [0.25, 0.3) is 0 Å². The molecule has 2 rings (SSSR count). The van der Waals surface area contributed by atoms with Gasteiger partial charge in [-0.05, 0) is 18.6 Å². The average Bonchev–Trinajstić information content (AvgIpc) is 2.49. The topological polar surface area (TPSA) is 38.2 Å². The first-order valence-corrected chi connectivity index (χ1v) is 6.92. The lowest BCUT2D eigenvalue weighted by Gasteiger charge is -2.21. The fourth-order valence-electron chi connectivity index (χ4n) is 2.08. The summed E-state index contributed by atoms with van der Waals surface area (Å²) in [5.74, 6) is 1.65. The molecule has 0 aliphatic carbocycles. The van der Waals surface area contributed by atoms with Crippen LogP contribution >= 0.6 is 11.6 Å². The number of aromatic nitrogens is 2. The third-order valence-corrected chi connectivity index (χ3v) is 3.45. The first-order valence-electron chi connectivity index (χ1n) is 6.54. The zero-order chi connectivity index (χ0) is 14.5. The molecule has 0 saturated heterocycles. The minimum atomic E-state index is 0.520. The van der Waals surface area contributed by atoms with Crippen LogP contribution < -0.4 is 9.64 Å². The van der Waals surface area contributed by atoms with Gasteiger partial charge in [-0.1, -0.05) is 31.0 Å². The van der Waals surface area contributed by atoms with E-state index in [1.54, 1.807) is 7.11 Å². The molecule has 0 fully saturated rings. The molecule has 0 bridgehead atoms. The number of hydrogen-bond acceptors (Lipinski definition) is 4. The van der Waals surface area contributed by atoms with Crippen LogP contribution in [0.25, 0.3) is 0 Å². The van der Waals surface area contributed by atoms with Crippen molar-refractivity contribution in [2.45, 2.75) is 19.8 Å². The summed E-state index contributed by atoms with van der Waals surface area (Å²) >= 11 is 6.20. The number of halogens is 1. The second-order valence-corrected chi connectivity index (χ2v) is 4.84. The van der Waals surface area contributed by atoms with Gasteiger partial charge >= 0.3 is 0 Å². The molecule has 5 heteroatoms. The van der Waals surface area contributed by atoms with Gasteiger partial charge in [-0.15, -0.1) is 0 Å². The van der Waals surface area contributed by atoms with E-state index in [4.69, 9.17) is 16.3 Å². The van der Waals surface area contributed by atoms with Crippen LogP contribution in [-0.2, 0) is 6.42 Å². The molecule has 1 aromatic heterocycles. The van der Waals surface area contributed by atoms with Gasteiger partial charge < -0.3 is 9.64 Å². The van der Waals surface area contributed by atoms with E-state index < -0.39 is 0 Å². The van der Waals surface area contributed by atoms with E-state index in [2.05, 4.69) is 16.9 Å². The van der Waals surface area contributed by atoms with Gasteiger partial charge in [-0.2, -0.15) is 0 Å². The van der Waals surface area contributed by atoms with E-state index in [1.165, 1.54) is 6.33 Å². The predicted molar refractivity (Wildman–Crippen MR) is 82.1 cm³/mol. The monoisotopic (exact) mass is 291 g/mol. The fraction of sp³-hybridized carbons (Fsp3) is 0.333. The highest BCUT2D eigenvalue weighted by Crippen LogP contribution is 2.30. The molecule has 2 aromatic rings. The van der Waals surface area contributed by atoms with Crippen molar-refractivity contribution in [3.8, 4) is 5.75 Å². The fourth-order valence-corrected chi connectivity index (χ4v) is 2.30. The van der Waals surface area contributed by atoms with Crippen LogP contribution in [0.2, 0.25) is 5.15 Å². The highest BCUT2D eigenvalue weighted by Gasteiger charge is 2.14. The molecule has 0 aliphatic heterocycles. The summed E-state index contributed by atoms with van der Waals surface area (Å²) in [5.41, 5.74) is 1.97. The van der Waals surface area contributed by atoms with Crippen molar-refractivity contribution in [3.63, 3.8) is 0 Å². The van der Waals surface area contributed by atoms with Crippen LogP contribution in [0, 0.1) is 0 Å². The maximum absolute atomic E-state index is 6.20. The van der Waals surface area contributed by atoms with Crippen LogP contribution in [-0.4, -0.2) is 24.1 Å². The Kier molecular flexibility index (Phi) is 4.79. The van der Waals surface area contributed by atoms with Crippen molar-refractivity contribution in [2.75, 3.05) is 19.1 Å². The Morgan fingerprint density at radius 1 is 1.30 bits per heavy atom. The summed E-state index contributed by atoms with van der Waals surface area (Å²) in [6.07, 6.45) is 3.34. The highest BCUT2D eigenvalue weighted by atomic mass is 35.5. The zero-order valence-corrected chi connectivity index (χ0v) is 12.7. The van der Waals surface area contributed by atoms with Crippen LogP contribution in [0.5, 0.6) is 5.75 Å². The van der Waals surface area contributed by atoms with E-state index in [-0.39, 0.29) is 0 Å². The Labute approximate surface area is 124 Å². The molecule has 0 N–H and O–H groups in total. The van der Waals surface area contributed by atoms with E-state index in [0.29, 0.717) is 5.15 Å². The van der Waals surface area contributed by atoms with E-state index in [0.717, 1.165) is 35.7 Å². The Balaban J connectivity index is 2.42. The van der Waals surface area contributed by atoms with Gasteiger partial charge in [0.15, 0.2) is 0 Å². The lowest BCUT2D eigenvalue weighted by atomic mass is 10.1. The number of methoxy groups -OCH3 is 1. The molecule has 0 radical (unpaired) electrons. The summed E-state index contributed by atoms with van der Waals surface area (Å²) in [4.78, 5) is 10.5. The standard InChI is InChI=1S/C15H18ClN3O/c1-4-6-13-14(16)17-10-18-15(13)19(2)11-7-5-8-12(9-11)20-3/h5,7-10H,4,6H2,1-3H3. The van der Waals surface area contributed by atoms with E-state index >= 15 is 0 Å². The van der Waals surface area contributed by atoms with Crippen LogP contribution in [0.15, 0.2) is 30.6 Å². The maximum atomic E-state index is 6.20. The molecule has 0 unspecified atom stereocenters. The van der Waals surface area contributed by atoms with Gasteiger partial charge in [0.2, 0.25) is 0 Å². The van der Waals surface area contributed by atoms with Crippen molar-refractivity contribution in [2.24, 2.45) is 0 Å². The Bertz CT molecular complexity index is 589. The summed E-state index contributed by atoms with van der Waals surface area (Å²) in [5, 5.41) is 0.520. The number of hydrogen-bond donors (Lipinski definition) is 0. The van der Waals surface area contributed by atoms with E-state index in [9.17, 15) is 0 Å². The minimum Gasteiger partial charge on any atom is -0.497 e. The Morgan fingerprint density at radius 2 is 2.10 bits per heavy atom. The summed E-state index contributed by atoms with van der Waals surface area (Å²) in [6.45, 7) is 2.11. The maximum Gasteiger partial charge on any atom is 0.140 e. The quantitative estimate of drug-likeness (QED) is 0.784.